The maximum atomic E-state index is 13.8. The lowest BCUT2D eigenvalue weighted by Gasteiger charge is -2.20. The van der Waals surface area contributed by atoms with Crippen molar-refractivity contribution in [1.82, 2.24) is 0 Å². The highest BCUT2D eigenvalue weighted by Gasteiger charge is 2.24. The Balaban J connectivity index is 2.93. The van der Waals surface area contributed by atoms with Gasteiger partial charge in [-0.3, -0.25) is 4.79 Å². The second-order valence-electron chi connectivity index (χ2n) is 6.03. The highest BCUT2D eigenvalue weighted by molar-refractivity contribution is 6.32. The molecule has 0 aromatic heterocycles. The van der Waals surface area contributed by atoms with Crippen molar-refractivity contribution in [2.24, 2.45) is 5.11 Å². The molecule has 4 nitrogen and oxygen atoms in total. The van der Waals surface area contributed by atoms with Gasteiger partial charge in [0, 0.05) is 28.0 Å². The lowest BCUT2D eigenvalue weighted by atomic mass is 9.86. The minimum atomic E-state index is -0.760. The molecule has 0 aliphatic heterocycles. The minimum Gasteiger partial charge on any atom is -0.294 e. The summed E-state index contributed by atoms with van der Waals surface area (Å²) < 4.78 is 27.6. The topological polar surface area (TPSA) is 65.8 Å². The fourth-order valence-corrected chi connectivity index (χ4v) is 3.16. The van der Waals surface area contributed by atoms with Crippen molar-refractivity contribution in [3.05, 3.63) is 68.1 Å². The van der Waals surface area contributed by atoms with Crippen molar-refractivity contribution in [1.29, 1.82) is 0 Å². The van der Waals surface area contributed by atoms with Crippen LogP contribution in [0.2, 0.25) is 5.02 Å². The summed E-state index contributed by atoms with van der Waals surface area (Å²) in [7, 11) is 0. The minimum absolute atomic E-state index is 0.179. The number of rotatable bonds is 6. The molecule has 0 aliphatic carbocycles. The monoisotopic (exact) mass is 377 g/mol. The maximum absolute atomic E-state index is 13.8. The van der Waals surface area contributed by atoms with Gasteiger partial charge in [0.15, 0.2) is 5.78 Å². The van der Waals surface area contributed by atoms with Gasteiger partial charge in [0.25, 0.3) is 0 Å². The Morgan fingerprint density at radius 1 is 1.27 bits per heavy atom. The molecule has 0 N–H and O–H groups in total. The Kier molecular flexibility index (Phi) is 6.35. The van der Waals surface area contributed by atoms with E-state index >= 15 is 0 Å². The number of halogens is 3. The van der Waals surface area contributed by atoms with E-state index in [1.54, 1.807) is 19.9 Å². The van der Waals surface area contributed by atoms with Gasteiger partial charge in [-0.1, -0.05) is 30.6 Å². The third kappa shape index (κ3) is 4.03. The van der Waals surface area contributed by atoms with Crippen molar-refractivity contribution < 1.29 is 13.6 Å². The van der Waals surface area contributed by atoms with E-state index in [1.807, 2.05) is 6.92 Å². The molecule has 136 valence electrons. The number of hydrogen-bond acceptors (Lipinski definition) is 2. The number of carbonyl (C=O) groups is 1. The Labute approximate surface area is 155 Å². The van der Waals surface area contributed by atoms with Crippen LogP contribution in [0.25, 0.3) is 21.6 Å². The highest BCUT2D eigenvalue weighted by Crippen LogP contribution is 2.39. The van der Waals surface area contributed by atoms with Crippen molar-refractivity contribution in [3.63, 3.8) is 0 Å². The molecule has 0 heterocycles. The molecule has 0 aliphatic rings. The predicted octanol–water partition coefficient (Wildman–Crippen LogP) is 6.95. The summed E-state index contributed by atoms with van der Waals surface area (Å²) in [4.78, 5) is 15.6. The maximum Gasteiger partial charge on any atom is 0.163 e. The van der Waals surface area contributed by atoms with Crippen LogP contribution in [0.4, 0.5) is 8.78 Å². The molecule has 0 bridgehead atoms. The van der Waals surface area contributed by atoms with Crippen molar-refractivity contribution in [2.45, 2.75) is 39.7 Å². The van der Waals surface area contributed by atoms with E-state index in [9.17, 15) is 13.6 Å². The number of carbonyl (C=O) groups excluding carboxylic acids is 1. The molecule has 1 unspecified atom stereocenters. The van der Waals surface area contributed by atoms with Crippen LogP contribution in [-0.4, -0.2) is 5.78 Å². The molecule has 0 spiro atoms. The molecule has 2 aromatic rings. The number of ketones is 1. The lowest BCUT2D eigenvalue weighted by molar-refractivity contribution is 0.0981. The van der Waals surface area contributed by atoms with Gasteiger partial charge in [0.1, 0.15) is 11.6 Å². The summed E-state index contributed by atoms with van der Waals surface area (Å²) in [6.07, 6.45) is 0.879. The first-order valence-electron chi connectivity index (χ1n) is 8.17. The highest BCUT2D eigenvalue weighted by atomic mass is 35.5. The summed E-state index contributed by atoms with van der Waals surface area (Å²) in [6.45, 7) is 5.18. The second kappa shape index (κ2) is 8.30. The van der Waals surface area contributed by atoms with Gasteiger partial charge >= 0.3 is 0 Å². The SMILES string of the molecule is CCCC(=O)c1c(C)c(Cl)cc(C(C)N=[N+]=[N-])c1-c1cc(F)cc(F)c1. The molecule has 0 saturated carbocycles. The zero-order valence-electron chi connectivity index (χ0n) is 14.7. The van der Waals surface area contributed by atoms with Crippen LogP contribution in [0.3, 0.4) is 0 Å². The molecular formula is C19H18ClF2N3O. The van der Waals surface area contributed by atoms with E-state index in [2.05, 4.69) is 10.0 Å². The largest absolute Gasteiger partial charge is 0.294 e. The van der Waals surface area contributed by atoms with E-state index in [4.69, 9.17) is 17.1 Å². The zero-order valence-corrected chi connectivity index (χ0v) is 15.4. The van der Waals surface area contributed by atoms with Crippen molar-refractivity contribution >= 4 is 17.4 Å². The van der Waals surface area contributed by atoms with Crippen LogP contribution in [0.5, 0.6) is 0 Å². The fraction of sp³-hybridized carbons (Fsp3) is 0.316. The summed E-state index contributed by atoms with van der Waals surface area (Å²) in [5.41, 5.74) is 10.6. The standard InChI is InChI=1S/C19H18ClF2N3O/c1-4-5-17(26)18-10(2)16(20)9-15(11(3)24-25-23)19(18)12-6-13(21)8-14(22)7-12/h6-9,11H,4-5H2,1-3H3. The van der Waals surface area contributed by atoms with Crippen LogP contribution >= 0.6 is 11.6 Å². The molecule has 26 heavy (non-hydrogen) atoms. The first-order valence-corrected chi connectivity index (χ1v) is 8.54. The Hall–Kier alpha value is -2.43. The smallest absolute Gasteiger partial charge is 0.163 e. The molecule has 0 radical (unpaired) electrons. The molecule has 0 fully saturated rings. The lowest BCUT2D eigenvalue weighted by Crippen LogP contribution is -2.09. The van der Waals surface area contributed by atoms with Gasteiger partial charge in [-0.15, -0.1) is 0 Å². The third-order valence-electron chi connectivity index (χ3n) is 4.14. The van der Waals surface area contributed by atoms with Crippen molar-refractivity contribution in [2.75, 3.05) is 0 Å². The van der Waals surface area contributed by atoms with Gasteiger partial charge in [-0.05, 0) is 59.3 Å². The average Bonchev–Trinajstić information content (AvgIpc) is 2.56. The second-order valence-corrected chi connectivity index (χ2v) is 6.44. The molecule has 0 saturated heterocycles. The predicted molar refractivity (Wildman–Crippen MR) is 98.3 cm³/mol. The molecular weight excluding hydrogens is 360 g/mol. The summed E-state index contributed by atoms with van der Waals surface area (Å²) in [5, 5.41) is 4.00. The van der Waals surface area contributed by atoms with Gasteiger partial charge in [0.2, 0.25) is 0 Å². The zero-order chi connectivity index (χ0) is 19.4. The van der Waals surface area contributed by atoms with Crippen LogP contribution < -0.4 is 0 Å². The van der Waals surface area contributed by atoms with Crippen LogP contribution in [-0.2, 0) is 0 Å². The number of azide groups is 1. The van der Waals surface area contributed by atoms with Crippen LogP contribution in [0.1, 0.15) is 54.2 Å². The van der Waals surface area contributed by atoms with E-state index in [-0.39, 0.29) is 17.8 Å². The summed E-state index contributed by atoms with van der Waals surface area (Å²) in [6, 6.07) is 3.97. The number of benzene rings is 2. The van der Waals surface area contributed by atoms with Crippen LogP contribution in [0.15, 0.2) is 29.4 Å². The number of nitrogens with zero attached hydrogens (tertiary/aromatic N) is 3. The van der Waals surface area contributed by atoms with Crippen LogP contribution in [0, 0.1) is 18.6 Å². The Bertz CT molecular complexity index is 888. The Morgan fingerprint density at radius 2 is 1.88 bits per heavy atom. The summed E-state index contributed by atoms with van der Waals surface area (Å²) in [5.74, 6) is -1.70. The Morgan fingerprint density at radius 3 is 2.42 bits per heavy atom. The van der Waals surface area contributed by atoms with E-state index in [0.717, 1.165) is 18.2 Å². The quantitative estimate of drug-likeness (QED) is 0.232. The molecule has 2 aromatic carbocycles. The van der Waals surface area contributed by atoms with Gasteiger partial charge in [-0.25, -0.2) is 8.78 Å². The molecule has 0 amide bonds. The first-order chi connectivity index (χ1) is 12.3. The average molecular weight is 378 g/mol. The molecule has 1 atom stereocenters. The van der Waals surface area contributed by atoms with E-state index in [0.29, 0.717) is 33.7 Å². The normalized spacial score (nSPS) is 11.8. The molecule has 2 rings (SSSR count). The molecule has 7 heteroatoms. The summed E-state index contributed by atoms with van der Waals surface area (Å²) >= 11 is 6.29. The third-order valence-corrected chi connectivity index (χ3v) is 4.53. The first kappa shape index (κ1) is 19.9. The van der Waals surface area contributed by atoms with Crippen molar-refractivity contribution in [3.8, 4) is 11.1 Å². The van der Waals surface area contributed by atoms with E-state index in [1.165, 1.54) is 0 Å². The number of hydrogen-bond donors (Lipinski definition) is 0. The fourth-order valence-electron chi connectivity index (χ4n) is 2.95. The van der Waals surface area contributed by atoms with Gasteiger partial charge < -0.3 is 0 Å². The van der Waals surface area contributed by atoms with Gasteiger partial charge in [0.05, 0.1) is 6.04 Å². The van der Waals surface area contributed by atoms with E-state index < -0.39 is 17.7 Å². The van der Waals surface area contributed by atoms with Gasteiger partial charge in [-0.2, -0.15) is 0 Å². The number of Topliss-reactive ketones (excluding diaryl/α,β-unsaturated/α-hetero) is 1.